The topological polar surface area (TPSA) is 43.4 Å². The maximum absolute atomic E-state index is 11.3. The van der Waals surface area contributed by atoms with Gasteiger partial charge in [0.1, 0.15) is 0 Å². The van der Waals surface area contributed by atoms with Crippen LogP contribution in [0.1, 0.15) is 97.3 Å². The van der Waals surface area contributed by atoms with Crippen molar-refractivity contribution in [2.45, 2.75) is 97.3 Å². The van der Waals surface area contributed by atoms with Crippen molar-refractivity contribution in [2.24, 2.45) is 0 Å². The molecule has 0 rings (SSSR count). The molecule has 0 fully saturated rings. The average molecular weight is 345 g/mol. The van der Waals surface area contributed by atoms with Gasteiger partial charge in [0.05, 0.1) is 12.4 Å². The average Bonchev–Trinajstić information content (AvgIpc) is 2.44. The van der Waals surface area contributed by atoms with E-state index in [-0.39, 0.29) is 35.3 Å². The second-order valence-corrected chi connectivity index (χ2v) is 7.73. The van der Waals surface area contributed by atoms with Gasteiger partial charge in [-0.05, 0) is 12.8 Å². The third-order valence-corrected chi connectivity index (χ3v) is 5.15. The van der Waals surface area contributed by atoms with Gasteiger partial charge in [-0.25, -0.2) is 0 Å². The van der Waals surface area contributed by atoms with Gasteiger partial charge < -0.3 is 0 Å². The van der Waals surface area contributed by atoms with Gasteiger partial charge in [-0.3, -0.25) is 4.18 Å². The second-order valence-electron chi connectivity index (χ2n) is 5.97. The zero-order valence-electron chi connectivity index (χ0n) is 14.2. The van der Waals surface area contributed by atoms with E-state index in [0.717, 1.165) is 12.8 Å². The van der Waals surface area contributed by atoms with E-state index in [1.807, 2.05) is 6.92 Å². The number of hydrogen-bond donors (Lipinski definition) is 0. The van der Waals surface area contributed by atoms with Crippen LogP contribution in [0.25, 0.3) is 0 Å². The van der Waals surface area contributed by atoms with Gasteiger partial charge >= 0.3 is 29.6 Å². The Balaban J connectivity index is 0. The summed E-state index contributed by atoms with van der Waals surface area (Å²) in [7, 11) is -3.25. The van der Waals surface area contributed by atoms with Crippen molar-refractivity contribution in [3.8, 4) is 0 Å². The van der Waals surface area contributed by atoms with Crippen LogP contribution < -0.4 is 0 Å². The first-order chi connectivity index (χ1) is 10.1. The van der Waals surface area contributed by atoms with Crippen LogP contribution in [-0.4, -0.2) is 50.3 Å². The monoisotopic (exact) mass is 344 g/mol. The zero-order valence-corrected chi connectivity index (χ0v) is 15.1. The standard InChI is InChI=1S/C17H36O3S.Na.H/c1-3-5-6-7-8-9-10-11-12-13-14-15-16-20-21(18,19)17-4-2;;/h3-17H2,1-2H3;;. The van der Waals surface area contributed by atoms with Crippen molar-refractivity contribution in [3.05, 3.63) is 0 Å². The van der Waals surface area contributed by atoms with Gasteiger partial charge in [0.2, 0.25) is 0 Å². The van der Waals surface area contributed by atoms with Crippen LogP contribution in [0, 0.1) is 0 Å². The molecule has 0 unspecified atom stereocenters. The van der Waals surface area contributed by atoms with E-state index in [9.17, 15) is 8.42 Å². The number of unbranched alkanes of at least 4 members (excludes halogenated alkanes) is 11. The summed E-state index contributed by atoms with van der Waals surface area (Å²) in [5, 5.41) is 0. The van der Waals surface area contributed by atoms with E-state index in [1.54, 1.807) is 0 Å². The van der Waals surface area contributed by atoms with Gasteiger partial charge in [0.15, 0.2) is 0 Å². The van der Waals surface area contributed by atoms with E-state index in [0.29, 0.717) is 13.0 Å². The van der Waals surface area contributed by atoms with Crippen molar-refractivity contribution in [2.75, 3.05) is 12.4 Å². The molecule has 22 heavy (non-hydrogen) atoms. The van der Waals surface area contributed by atoms with Crippen LogP contribution in [0.5, 0.6) is 0 Å². The molecule has 130 valence electrons. The Morgan fingerprint density at radius 3 is 1.45 bits per heavy atom. The fourth-order valence-corrected chi connectivity index (χ4v) is 3.43. The predicted molar refractivity (Wildman–Crippen MR) is 98.3 cm³/mol. The molecule has 0 aliphatic heterocycles. The molecule has 3 nitrogen and oxygen atoms in total. The molecule has 5 heteroatoms. The molecule has 0 heterocycles. The molecule has 0 aromatic heterocycles. The second kappa shape index (κ2) is 18.3. The Labute approximate surface area is 161 Å². The van der Waals surface area contributed by atoms with Gasteiger partial charge in [-0.1, -0.05) is 84.5 Å². The van der Waals surface area contributed by atoms with Crippen LogP contribution in [0.3, 0.4) is 0 Å². The van der Waals surface area contributed by atoms with Crippen molar-refractivity contribution in [1.29, 1.82) is 0 Å². The summed E-state index contributed by atoms with van der Waals surface area (Å²) in [5.41, 5.74) is 0. The van der Waals surface area contributed by atoms with Gasteiger partial charge in [0, 0.05) is 0 Å². The molecule has 0 saturated carbocycles. The van der Waals surface area contributed by atoms with E-state index < -0.39 is 10.1 Å². The van der Waals surface area contributed by atoms with Crippen LogP contribution in [0.15, 0.2) is 0 Å². The SMILES string of the molecule is CCCCCCCCCCCCCCOS(=O)(=O)CCC.[NaH]. The molecule has 0 aromatic carbocycles. The van der Waals surface area contributed by atoms with Crippen molar-refractivity contribution in [1.82, 2.24) is 0 Å². The summed E-state index contributed by atoms with van der Waals surface area (Å²) in [6.45, 7) is 4.47. The first-order valence-corrected chi connectivity index (χ1v) is 10.6. The molecule has 0 atom stereocenters. The number of rotatable bonds is 16. The van der Waals surface area contributed by atoms with Crippen LogP contribution in [0.2, 0.25) is 0 Å². The molecular formula is C17H37NaO3S. The summed E-state index contributed by atoms with van der Waals surface area (Å²) in [6.07, 6.45) is 16.0. The molecule has 0 amide bonds. The Morgan fingerprint density at radius 2 is 1.05 bits per heavy atom. The van der Waals surface area contributed by atoms with E-state index in [2.05, 4.69) is 6.92 Å². The fourth-order valence-electron chi connectivity index (χ4n) is 2.44. The van der Waals surface area contributed by atoms with Gasteiger partial charge in [0.25, 0.3) is 10.1 Å². The number of hydrogen-bond acceptors (Lipinski definition) is 3. The Bertz CT molecular complexity index is 305. The zero-order chi connectivity index (χ0) is 15.8. The summed E-state index contributed by atoms with van der Waals surface area (Å²) < 4.78 is 27.6. The van der Waals surface area contributed by atoms with Crippen molar-refractivity contribution < 1.29 is 12.6 Å². The molecule has 0 radical (unpaired) electrons. The summed E-state index contributed by atoms with van der Waals surface area (Å²) in [6, 6.07) is 0. The van der Waals surface area contributed by atoms with Crippen LogP contribution in [-0.2, 0) is 14.3 Å². The van der Waals surface area contributed by atoms with Crippen molar-refractivity contribution >= 4 is 39.7 Å². The first kappa shape index (κ1) is 25.2. The van der Waals surface area contributed by atoms with Gasteiger partial charge in [-0.15, -0.1) is 0 Å². The van der Waals surface area contributed by atoms with Gasteiger partial charge in [-0.2, -0.15) is 8.42 Å². The fraction of sp³-hybridized carbons (Fsp3) is 1.00. The van der Waals surface area contributed by atoms with E-state index >= 15 is 0 Å². The van der Waals surface area contributed by atoms with E-state index in [1.165, 1.54) is 64.2 Å². The third-order valence-electron chi connectivity index (χ3n) is 3.71. The minimum absolute atomic E-state index is 0. The van der Waals surface area contributed by atoms with Crippen LogP contribution in [0.4, 0.5) is 0 Å². The Kier molecular flexibility index (Phi) is 20.9. The quantitative estimate of drug-likeness (QED) is 0.229. The first-order valence-electron chi connectivity index (χ1n) is 8.99. The molecule has 0 saturated heterocycles. The molecule has 0 aliphatic rings. The third kappa shape index (κ3) is 19.0. The van der Waals surface area contributed by atoms with E-state index in [4.69, 9.17) is 4.18 Å². The summed E-state index contributed by atoms with van der Waals surface area (Å²) >= 11 is 0. The minimum atomic E-state index is -3.25. The molecular weight excluding hydrogens is 307 g/mol. The predicted octanol–water partition coefficient (Wildman–Crippen LogP) is 4.80. The molecule has 0 bridgehead atoms. The summed E-state index contributed by atoms with van der Waals surface area (Å²) in [5.74, 6) is 0.144. The normalized spacial score (nSPS) is 11.4. The summed E-state index contributed by atoms with van der Waals surface area (Å²) in [4.78, 5) is 0. The molecule has 0 aromatic rings. The van der Waals surface area contributed by atoms with Crippen LogP contribution >= 0.6 is 0 Å². The maximum atomic E-state index is 11.3. The molecule has 0 spiro atoms. The van der Waals surface area contributed by atoms with Crippen molar-refractivity contribution in [3.63, 3.8) is 0 Å². The molecule has 0 N–H and O–H groups in total. The molecule has 0 aliphatic carbocycles. The Hall–Kier alpha value is 0.910. The Morgan fingerprint density at radius 1 is 0.636 bits per heavy atom.